The van der Waals surface area contributed by atoms with Crippen LogP contribution >= 0.6 is 0 Å². The van der Waals surface area contributed by atoms with Crippen LogP contribution < -0.4 is 10.5 Å². The molecule has 1 aromatic carbocycles. The van der Waals surface area contributed by atoms with Gasteiger partial charge in [0.05, 0.1) is 5.56 Å². The number of primary amides is 1. The first-order valence-electron chi connectivity index (χ1n) is 7.09. The summed E-state index contributed by atoms with van der Waals surface area (Å²) in [6.45, 7) is 5.94. The lowest BCUT2D eigenvalue weighted by molar-refractivity contribution is 0.0997. The van der Waals surface area contributed by atoms with E-state index in [0.717, 1.165) is 19.3 Å². The maximum atomic E-state index is 11.0. The van der Waals surface area contributed by atoms with Gasteiger partial charge < -0.3 is 15.6 Å². The largest absolute Gasteiger partial charge is 0.507 e. The zero-order chi connectivity index (χ0) is 15.9. The van der Waals surface area contributed by atoms with Crippen LogP contribution in [0.4, 0.5) is 0 Å². The molecule has 0 spiro atoms. The minimum Gasteiger partial charge on any atom is -0.507 e. The highest BCUT2D eigenvalue weighted by molar-refractivity contribution is 5.95. The van der Waals surface area contributed by atoms with Crippen molar-refractivity contribution in [1.82, 2.24) is 0 Å². The smallest absolute Gasteiger partial charge is 0.252 e. The van der Waals surface area contributed by atoms with Crippen LogP contribution in [0, 0.1) is 0 Å². The van der Waals surface area contributed by atoms with Crippen LogP contribution in [-0.2, 0) is 0 Å². The van der Waals surface area contributed by atoms with Crippen LogP contribution in [0.1, 0.15) is 50.4 Å². The number of amides is 1. The first kappa shape index (κ1) is 16.9. The predicted molar refractivity (Wildman–Crippen MR) is 83.5 cm³/mol. The molecule has 1 amide bonds. The third kappa shape index (κ3) is 5.76. The Morgan fingerprint density at radius 2 is 2.19 bits per heavy atom. The second kappa shape index (κ2) is 7.55. The Labute approximate surface area is 125 Å². The molecule has 21 heavy (non-hydrogen) atoms. The van der Waals surface area contributed by atoms with Crippen LogP contribution in [0.3, 0.4) is 0 Å². The molecule has 0 aliphatic carbocycles. The number of ether oxygens (including phenoxy) is 1. The van der Waals surface area contributed by atoms with Crippen molar-refractivity contribution in [1.29, 1.82) is 0 Å². The molecule has 0 radical (unpaired) electrons. The van der Waals surface area contributed by atoms with Gasteiger partial charge in [0.25, 0.3) is 5.91 Å². The minimum atomic E-state index is -0.669. The second-order valence-corrected chi connectivity index (χ2v) is 5.41. The van der Waals surface area contributed by atoms with Crippen LogP contribution in [0.5, 0.6) is 11.5 Å². The molecular weight excluding hydrogens is 266 g/mol. The second-order valence-electron chi connectivity index (χ2n) is 5.41. The highest BCUT2D eigenvalue weighted by atomic mass is 16.5. The van der Waals surface area contributed by atoms with E-state index in [1.54, 1.807) is 6.07 Å². The zero-order valence-electron chi connectivity index (χ0n) is 12.8. The summed E-state index contributed by atoms with van der Waals surface area (Å²) < 4.78 is 5.77. The van der Waals surface area contributed by atoms with Gasteiger partial charge in [0.15, 0.2) is 0 Å². The fraction of sp³-hybridized carbons (Fsp3) is 0.412. The lowest BCUT2D eigenvalue weighted by Crippen LogP contribution is -2.24. The van der Waals surface area contributed by atoms with E-state index in [0.29, 0.717) is 5.75 Å². The number of hydrogen-bond acceptors (Lipinski definition) is 3. The average molecular weight is 289 g/mol. The van der Waals surface area contributed by atoms with Gasteiger partial charge in [-0.15, -0.1) is 5.73 Å². The molecule has 0 unspecified atom stereocenters. The molecule has 114 valence electrons. The van der Waals surface area contributed by atoms with Gasteiger partial charge in [-0.3, -0.25) is 4.79 Å². The summed E-state index contributed by atoms with van der Waals surface area (Å²) in [4.78, 5) is 11.0. The van der Waals surface area contributed by atoms with Crippen molar-refractivity contribution in [3.63, 3.8) is 0 Å². The highest BCUT2D eigenvalue weighted by Crippen LogP contribution is 2.26. The summed E-state index contributed by atoms with van der Waals surface area (Å²) in [5.41, 5.74) is 7.76. The molecule has 0 heterocycles. The Balaban J connectivity index is 2.77. The quantitative estimate of drug-likeness (QED) is 0.595. The summed E-state index contributed by atoms with van der Waals surface area (Å²) in [6, 6.07) is 4.44. The minimum absolute atomic E-state index is 0.0789. The number of unbranched alkanes of at least 4 members (excludes halogenated alkanes) is 2. The molecule has 4 nitrogen and oxygen atoms in total. The zero-order valence-corrected chi connectivity index (χ0v) is 12.8. The lowest BCUT2D eigenvalue weighted by atomic mass is 10.1. The molecular formula is C17H23NO3. The first-order valence-corrected chi connectivity index (χ1v) is 7.09. The van der Waals surface area contributed by atoms with Crippen molar-refractivity contribution in [3.05, 3.63) is 41.6 Å². The summed E-state index contributed by atoms with van der Waals surface area (Å²) >= 11 is 0. The molecule has 0 aliphatic heterocycles. The van der Waals surface area contributed by atoms with Crippen molar-refractivity contribution in [2.45, 2.75) is 45.6 Å². The maximum Gasteiger partial charge on any atom is 0.252 e. The van der Waals surface area contributed by atoms with E-state index >= 15 is 0 Å². The lowest BCUT2D eigenvalue weighted by Gasteiger charge is -2.22. The Hall–Kier alpha value is -2.19. The van der Waals surface area contributed by atoms with Crippen molar-refractivity contribution >= 4 is 5.91 Å². The van der Waals surface area contributed by atoms with E-state index in [9.17, 15) is 9.90 Å². The number of carbonyl (C=O) groups is 1. The monoisotopic (exact) mass is 289 g/mol. The standard InChI is InChI=1S/C17H23NO3/c1-4-5-6-7-8-11-17(2,3)21-13-9-10-14(16(18)20)15(19)12-13/h7,9-12,19H,4-6H2,1-3H3,(H2,18,20). The summed E-state index contributed by atoms with van der Waals surface area (Å²) in [5.74, 6) is -0.385. The molecule has 0 saturated heterocycles. The molecule has 0 aromatic heterocycles. The normalized spacial score (nSPS) is 10.6. The molecule has 0 aliphatic rings. The predicted octanol–water partition coefficient (Wildman–Crippen LogP) is 3.55. The van der Waals surface area contributed by atoms with Gasteiger partial charge in [-0.05, 0) is 44.9 Å². The van der Waals surface area contributed by atoms with E-state index in [1.165, 1.54) is 12.1 Å². The summed E-state index contributed by atoms with van der Waals surface area (Å²) in [7, 11) is 0. The fourth-order valence-corrected chi connectivity index (χ4v) is 1.77. The number of benzene rings is 1. The number of aromatic hydroxyl groups is 1. The Morgan fingerprint density at radius 3 is 2.76 bits per heavy atom. The maximum absolute atomic E-state index is 11.0. The Bertz CT molecular complexity index is 555. The van der Waals surface area contributed by atoms with Gasteiger partial charge in [0.1, 0.15) is 17.1 Å². The fourth-order valence-electron chi connectivity index (χ4n) is 1.77. The molecule has 0 atom stereocenters. The van der Waals surface area contributed by atoms with Gasteiger partial charge in [0.2, 0.25) is 0 Å². The molecule has 1 aromatic rings. The molecule has 0 bridgehead atoms. The molecule has 0 saturated carbocycles. The van der Waals surface area contributed by atoms with Gasteiger partial charge in [-0.1, -0.05) is 13.3 Å². The van der Waals surface area contributed by atoms with E-state index in [1.807, 2.05) is 26.0 Å². The van der Waals surface area contributed by atoms with E-state index in [-0.39, 0.29) is 11.3 Å². The SMILES string of the molecule is CCCCC=C=CC(C)(C)Oc1ccc(C(N)=O)c(O)c1. The number of phenols is 1. The van der Waals surface area contributed by atoms with E-state index in [2.05, 4.69) is 12.7 Å². The van der Waals surface area contributed by atoms with E-state index < -0.39 is 11.5 Å². The van der Waals surface area contributed by atoms with Crippen LogP contribution in [0.2, 0.25) is 0 Å². The Kier molecular flexibility index (Phi) is 6.07. The van der Waals surface area contributed by atoms with Gasteiger partial charge in [0, 0.05) is 12.1 Å². The molecule has 1 rings (SSSR count). The molecule has 0 fully saturated rings. The number of carbonyl (C=O) groups excluding carboxylic acids is 1. The number of rotatable bonds is 7. The summed E-state index contributed by atoms with van der Waals surface area (Å²) in [6.07, 6.45) is 7.12. The average Bonchev–Trinajstić information content (AvgIpc) is 2.37. The van der Waals surface area contributed by atoms with Crippen molar-refractivity contribution < 1.29 is 14.6 Å². The molecule has 4 heteroatoms. The summed E-state index contributed by atoms with van der Waals surface area (Å²) in [5, 5.41) is 9.72. The first-order chi connectivity index (χ1) is 9.85. The number of nitrogens with two attached hydrogens (primary N) is 1. The van der Waals surface area contributed by atoms with Gasteiger partial charge >= 0.3 is 0 Å². The van der Waals surface area contributed by atoms with Gasteiger partial charge in [-0.2, -0.15) is 0 Å². The van der Waals surface area contributed by atoms with Crippen molar-refractivity contribution in [3.8, 4) is 11.5 Å². The Morgan fingerprint density at radius 1 is 1.48 bits per heavy atom. The number of hydrogen-bond donors (Lipinski definition) is 2. The van der Waals surface area contributed by atoms with Gasteiger partial charge in [-0.25, -0.2) is 0 Å². The van der Waals surface area contributed by atoms with Crippen LogP contribution in [0.25, 0.3) is 0 Å². The molecule has 3 N–H and O–H groups in total. The van der Waals surface area contributed by atoms with Crippen molar-refractivity contribution in [2.24, 2.45) is 5.73 Å². The van der Waals surface area contributed by atoms with Crippen molar-refractivity contribution in [2.75, 3.05) is 0 Å². The van der Waals surface area contributed by atoms with Crippen LogP contribution in [-0.4, -0.2) is 16.6 Å². The highest BCUT2D eigenvalue weighted by Gasteiger charge is 2.17. The third-order valence-electron chi connectivity index (χ3n) is 2.87. The van der Waals surface area contributed by atoms with Crippen LogP contribution in [0.15, 0.2) is 36.1 Å². The third-order valence-corrected chi connectivity index (χ3v) is 2.87. The van der Waals surface area contributed by atoms with E-state index in [4.69, 9.17) is 10.5 Å². The topological polar surface area (TPSA) is 72.5 Å².